The van der Waals surface area contributed by atoms with Crippen LogP contribution >= 0.6 is 0 Å². The minimum absolute atomic E-state index is 0.00697. The molecule has 0 saturated carbocycles. The van der Waals surface area contributed by atoms with Crippen LogP contribution in [0.15, 0.2) is 53.4 Å². The van der Waals surface area contributed by atoms with Gasteiger partial charge in [-0.15, -0.1) is 0 Å². The molecule has 4 rings (SSSR count). The molecule has 1 atom stereocenters. The Bertz CT molecular complexity index is 1010. The van der Waals surface area contributed by atoms with Crippen LogP contribution in [-0.2, 0) is 14.8 Å². The highest BCUT2D eigenvalue weighted by Gasteiger charge is 2.25. The molecule has 3 aromatic rings. The number of hydrogen-bond acceptors (Lipinski definition) is 3. The Balaban J connectivity index is 1.91. The Morgan fingerprint density at radius 1 is 1.12 bits per heavy atom. The molecular formula is C20H22N2O3S. The van der Waals surface area contributed by atoms with Gasteiger partial charge in [-0.25, -0.2) is 12.7 Å². The van der Waals surface area contributed by atoms with Crippen molar-refractivity contribution in [3.05, 3.63) is 54.1 Å². The van der Waals surface area contributed by atoms with Crippen LogP contribution in [0, 0.1) is 0 Å². The van der Waals surface area contributed by atoms with E-state index in [-0.39, 0.29) is 11.0 Å². The molecule has 1 N–H and O–H groups in total. The minimum Gasteiger partial charge on any atom is -0.374 e. The Hall–Kier alpha value is -2.15. The smallest absolute Gasteiger partial charge is 0.242 e. The maximum absolute atomic E-state index is 12.6. The summed E-state index contributed by atoms with van der Waals surface area (Å²) in [6.45, 7) is 0.745. The molecule has 26 heavy (non-hydrogen) atoms. The minimum atomic E-state index is -3.50. The number of aromatic nitrogens is 1. The van der Waals surface area contributed by atoms with Gasteiger partial charge in [0.1, 0.15) is 0 Å². The largest absolute Gasteiger partial charge is 0.374 e. The Morgan fingerprint density at radius 3 is 2.62 bits per heavy atom. The molecule has 5 nitrogen and oxygen atoms in total. The van der Waals surface area contributed by atoms with Gasteiger partial charge in [-0.05, 0) is 42.7 Å². The van der Waals surface area contributed by atoms with Gasteiger partial charge in [-0.3, -0.25) is 0 Å². The van der Waals surface area contributed by atoms with Gasteiger partial charge in [0, 0.05) is 42.9 Å². The van der Waals surface area contributed by atoms with E-state index in [2.05, 4.69) is 11.1 Å². The summed E-state index contributed by atoms with van der Waals surface area (Å²) >= 11 is 0. The zero-order valence-electron chi connectivity index (χ0n) is 14.9. The number of rotatable bonds is 4. The molecule has 1 unspecified atom stereocenters. The first-order valence-electron chi connectivity index (χ1n) is 8.73. The molecule has 0 spiro atoms. The molecule has 1 aliphatic rings. The highest BCUT2D eigenvalue weighted by Crippen LogP contribution is 2.37. The molecule has 1 saturated heterocycles. The number of benzene rings is 2. The van der Waals surface area contributed by atoms with Gasteiger partial charge in [0.25, 0.3) is 0 Å². The fourth-order valence-corrected chi connectivity index (χ4v) is 4.39. The number of fused-ring (bicyclic) bond motifs is 1. The maximum atomic E-state index is 12.6. The number of para-hydroxylation sites is 1. The van der Waals surface area contributed by atoms with E-state index < -0.39 is 10.0 Å². The highest BCUT2D eigenvalue weighted by atomic mass is 32.2. The van der Waals surface area contributed by atoms with Crippen molar-refractivity contribution in [3.63, 3.8) is 0 Å². The topological polar surface area (TPSA) is 62.4 Å². The van der Waals surface area contributed by atoms with Gasteiger partial charge in [0.15, 0.2) is 0 Å². The van der Waals surface area contributed by atoms with Crippen molar-refractivity contribution < 1.29 is 13.2 Å². The summed E-state index contributed by atoms with van der Waals surface area (Å²) in [7, 11) is -0.404. The van der Waals surface area contributed by atoms with Gasteiger partial charge in [-0.1, -0.05) is 24.3 Å². The standard InChI is InChI=1S/C20H22N2O3S/c1-22(2)26(23,24)15-9-10-16(20-8-5-11-25-20)17(13-15)19-12-14-6-3-4-7-18(14)21-19/h3-4,6-7,9-10,12-13,20-21H,5,8,11H2,1-2H3. The predicted molar refractivity (Wildman–Crippen MR) is 103 cm³/mol. The Morgan fingerprint density at radius 2 is 1.92 bits per heavy atom. The SMILES string of the molecule is CN(C)S(=O)(=O)c1ccc(C2CCCO2)c(-c2cc3ccccc3[nH]2)c1. The first-order valence-corrected chi connectivity index (χ1v) is 10.2. The molecule has 1 aliphatic heterocycles. The van der Waals surface area contributed by atoms with E-state index in [0.29, 0.717) is 0 Å². The van der Waals surface area contributed by atoms with Crippen LogP contribution in [0.5, 0.6) is 0 Å². The first kappa shape index (κ1) is 17.3. The van der Waals surface area contributed by atoms with Gasteiger partial charge in [0.2, 0.25) is 10.0 Å². The number of H-pyrrole nitrogens is 1. The third-order valence-electron chi connectivity index (χ3n) is 4.90. The maximum Gasteiger partial charge on any atom is 0.242 e. The lowest BCUT2D eigenvalue weighted by molar-refractivity contribution is 0.112. The summed E-state index contributed by atoms with van der Waals surface area (Å²) in [4.78, 5) is 3.71. The van der Waals surface area contributed by atoms with E-state index in [0.717, 1.165) is 47.2 Å². The summed E-state index contributed by atoms with van der Waals surface area (Å²) in [5, 5.41) is 1.10. The van der Waals surface area contributed by atoms with E-state index in [1.165, 1.54) is 4.31 Å². The summed E-state index contributed by atoms with van der Waals surface area (Å²) < 4.78 is 32.3. The van der Waals surface area contributed by atoms with Crippen LogP contribution in [-0.4, -0.2) is 38.4 Å². The van der Waals surface area contributed by atoms with E-state index in [4.69, 9.17) is 4.74 Å². The number of sulfonamides is 1. The lowest BCUT2D eigenvalue weighted by Gasteiger charge is -2.18. The van der Waals surface area contributed by atoms with E-state index in [1.807, 2.05) is 30.3 Å². The average molecular weight is 370 g/mol. The fourth-order valence-electron chi connectivity index (χ4n) is 3.46. The summed E-state index contributed by atoms with van der Waals surface area (Å²) in [6.07, 6.45) is 1.98. The van der Waals surface area contributed by atoms with Crippen molar-refractivity contribution in [2.45, 2.75) is 23.8 Å². The first-order chi connectivity index (χ1) is 12.5. The van der Waals surface area contributed by atoms with Crippen molar-refractivity contribution in [3.8, 4) is 11.3 Å². The lowest BCUT2D eigenvalue weighted by Crippen LogP contribution is -2.22. The second-order valence-corrected chi connectivity index (χ2v) is 8.96. The number of ether oxygens (including phenoxy) is 1. The summed E-state index contributed by atoms with van der Waals surface area (Å²) in [6, 6.07) is 15.4. The zero-order valence-corrected chi connectivity index (χ0v) is 15.7. The van der Waals surface area contributed by atoms with Gasteiger partial charge >= 0.3 is 0 Å². The normalized spacial score (nSPS) is 18.0. The van der Waals surface area contributed by atoms with E-state index in [1.54, 1.807) is 26.2 Å². The molecule has 2 aromatic carbocycles. The second kappa shape index (κ2) is 6.54. The highest BCUT2D eigenvalue weighted by molar-refractivity contribution is 7.89. The number of nitrogens with one attached hydrogen (secondary N) is 1. The number of aromatic amines is 1. The van der Waals surface area contributed by atoms with Crippen LogP contribution in [0.3, 0.4) is 0 Å². The molecule has 6 heteroatoms. The predicted octanol–water partition coefficient (Wildman–Crippen LogP) is 3.94. The third kappa shape index (κ3) is 2.94. The van der Waals surface area contributed by atoms with Gasteiger partial charge in [0.05, 0.1) is 11.0 Å². The van der Waals surface area contributed by atoms with Crippen LogP contribution in [0.1, 0.15) is 24.5 Å². The molecule has 136 valence electrons. The van der Waals surface area contributed by atoms with Crippen molar-refractivity contribution >= 4 is 20.9 Å². The van der Waals surface area contributed by atoms with Crippen molar-refractivity contribution in [2.24, 2.45) is 0 Å². The van der Waals surface area contributed by atoms with Crippen LogP contribution in [0.4, 0.5) is 0 Å². The number of nitrogens with zero attached hydrogens (tertiary/aromatic N) is 1. The van der Waals surface area contributed by atoms with Crippen molar-refractivity contribution in [1.82, 2.24) is 9.29 Å². The molecule has 1 fully saturated rings. The molecule has 0 aliphatic carbocycles. The van der Waals surface area contributed by atoms with Crippen molar-refractivity contribution in [1.29, 1.82) is 0 Å². The third-order valence-corrected chi connectivity index (χ3v) is 6.71. The van der Waals surface area contributed by atoms with Gasteiger partial charge < -0.3 is 9.72 Å². The van der Waals surface area contributed by atoms with E-state index in [9.17, 15) is 8.42 Å². The van der Waals surface area contributed by atoms with Crippen LogP contribution < -0.4 is 0 Å². The second-order valence-electron chi connectivity index (χ2n) is 6.81. The fraction of sp³-hybridized carbons (Fsp3) is 0.300. The Labute approximate surface area is 153 Å². The molecule has 2 heterocycles. The lowest BCUT2D eigenvalue weighted by atomic mass is 9.98. The van der Waals surface area contributed by atoms with Crippen LogP contribution in [0.2, 0.25) is 0 Å². The summed E-state index contributed by atoms with van der Waals surface area (Å²) in [5.41, 5.74) is 3.86. The molecule has 1 aromatic heterocycles. The zero-order chi connectivity index (χ0) is 18.3. The molecule has 0 radical (unpaired) electrons. The van der Waals surface area contributed by atoms with Crippen molar-refractivity contribution in [2.75, 3.05) is 20.7 Å². The van der Waals surface area contributed by atoms with E-state index >= 15 is 0 Å². The Kier molecular flexibility index (Phi) is 4.34. The molecular weight excluding hydrogens is 348 g/mol. The summed E-state index contributed by atoms with van der Waals surface area (Å²) in [5.74, 6) is 0. The molecule has 0 amide bonds. The number of hydrogen-bond donors (Lipinski definition) is 1. The monoisotopic (exact) mass is 370 g/mol. The molecule has 0 bridgehead atoms. The quantitative estimate of drug-likeness (QED) is 0.757. The van der Waals surface area contributed by atoms with Crippen LogP contribution in [0.25, 0.3) is 22.2 Å². The average Bonchev–Trinajstić information content (AvgIpc) is 3.30. The van der Waals surface area contributed by atoms with Gasteiger partial charge in [-0.2, -0.15) is 0 Å².